The second-order valence-electron chi connectivity index (χ2n) is 6.40. The van der Waals surface area contributed by atoms with E-state index >= 15 is 0 Å². The normalized spacial score (nSPS) is 15.3. The predicted molar refractivity (Wildman–Crippen MR) is 120 cm³/mol. The summed E-state index contributed by atoms with van der Waals surface area (Å²) in [6.07, 6.45) is 2.15. The molecule has 9 nitrogen and oxygen atoms in total. The average molecular weight is 553 g/mol. The molecule has 0 aromatic heterocycles. The fraction of sp³-hybridized carbons (Fsp3) is 0.150. The summed E-state index contributed by atoms with van der Waals surface area (Å²) < 4.78 is 6.87. The van der Waals surface area contributed by atoms with Gasteiger partial charge in [-0.05, 0) is 68.1 Å². The van der Waals surface area contributed by atoms with Gasteiger partial charge < -0.3 is 4.74 Å². The van der Waals surface area contributed by atoms with Crippen LogP contribution >= 0.6 is 31.9 Å². The first-order chi connectivity index (χ1) is 14.7. The van der Waals surface area contributed by atoms with Crippen molar-refractivity contribution in [3.8, 4) is 5.75 Å². The maximum atomic E-state index is 13.0. The Bertz CT molecular complexity index is 1110. The molecule has 1 aliphatic rings. The van der Waals surface area contributed by atoms with Crippen molar-refractivity contribution in [1.82, 2.24) is 5.32 Å². The zero-order chi connectivity index (χ0) is 22.7. The molecule has 3 rings (SSSR count). The minimum Gasteiger partial charge on any atom is -0.491 e. The highest BCUT2D eigenvalue weighted by Crippen LogP contribution is 2.36. The minimum absolute atomic E-state index is 0.0271. The van der Waals surface area contributed by atoms with Crippen molar-refractivity contribution in [2.45, 2.75) is 13.3 Å². The van der Waals surface area contributed by atoms with E-state index in [1.807, 2.05) is 6.92 Å². The standard InChI is InChI=1S/C20H15Br2N3O6/c1-2-6-31-17-15(21)8-11(9-16(17)22)7-14-18(26)23-20(28)24(19(14)27)12-4-3-5-13(10-12)25(29)30/h3-5,7-10H,2,6H2,1H3,(H,23,26,28)/b14-7+. The van der Waals surface area contributed by atoms with Crippen LogP contribution in [0.4, 0.5) is 16.2 Å². The molecule has 2 aromatic carbocycles. The van der Waals surface area contributed by atoms with E-state index in [4.69, 9.17) is 4.74 Å². The number of hydrogen-bond donors (Lipinski definition) is 1. The summed E-state index contributed by atoms with van der Waals surface area (Å²) in [5, 5.41) is 13.1. The summed E-state index contributed by atoms with van der Waals surface area (Å²) in [5.74, 6) is -1.18. The van der Waals surface area contributed by atoms with Gasteiger partial charge in [0.15, 0.2) is 0 Å². The molecule has 0 unspecified atom stereocenters. The highest BCUT2D eigenvalue weighted by atomic mass is 79.9. The molecule has 0 aliphatic carbocycles. The number of rotatable bonds is 6. The summed E-state index contributed by atoms with van der Waals surface area (Å²) in [6.45, 7) is 2.49. The first-order valence-corrected chi connectivity index (χ1v) is 10.6. The number of barbiturate groups is 1. The molecule has 1 aliphatic heterocycles. The van der Waals surface area contributed by atoms with Crippen molar-refractivity contribution >= 4 is 67.2 Å². The van der Waals surface area contributed by atoms with Gasteiger partial charge in [-0.1, -0.05) is 13.0 Å². The van der Waals surface area contributed by atoms with E-state index in [0.29, 0.717) is 31.8 Å². The van der Waals surface area contributed by atoms with Crippen molar-refractivity contribution in [2.24, 2.45) is 0 Å². The number of ether oxygens (including phenoxy) is 1. The number of amides is 4. The number of benzene rings is 2. The molecule has 1 N–H and O–H groups in total. The third-order valence-corrected chi connectivity index (χ3v) is 5.36. The number of nitro benzene ring substituents is 1. The van der Waals surface area contributed by atoms with Crippen molar-refractivity contribution in [3.63, 3.8) is 0 Å². The number of anilines is 1. The number of hydrogen-bond acceptors (Lipinski definition) is 6. The SMILES string of the molecule is CCCOc1c(Br)cc(/C=C2\C(=O)NC(=O)N(c3cccc([N+](=O)[O-])c3)C2=O)cc1Br. The van der Waals surface area contributed by atoms with Gasteiger partial charge in [-0.3, -0.25) is 25.0 Å². The summed E-state index contributed by atoms with van der Waals surface area (Å²) in [6, 6.07) is 7.36. The van der Waals surface area contributed by atoms with Crippen LogP contribution in [-0.2, 0) is 9.59 Å². The Balaban J connectivity index is 2.00. The van der Waals surface area contributed by atoms with Gasteiger partial charge in [0, 0.05) is 12.1 Å². The quantitative estimate of drug-likeness (QED) is 0.242. The Morgan fingerprint density at radius 3 is 2.45 bits per heavy atom. The van der Waals surface area contributed by atoms with Crippen LogP contribution in [0.25, 0.3) is 6.08 Å². The monoisotopic (exact) mass is 551 g/mol. The molecular formula is C20H15Br2N3O6. The number of nitrogens with zero attached hydrogens (tertiary/aromatic N) is 2. The average Bonchev–Trinajstić information content (AvgIpc) is 2.70. The lowest BCUT2D eigenvalue weighted by molar-refractivity contribution is -0.384. The summed E-state index contributed by atoms with van der Waals surface area (Å²) in [4.78, 5) is 48.7. The van der Waals surface area contributed by atoms with Crippen LogP contribution in [0.5, 0.6) is 5.75 Å². The summed E-state index contributed by atoms with van der Waals surface area (Å²) in [5.41, 5.74) is -0.126. The number of nitrogens with one attached hydrogen (secondary N) is 1. The van der Waals surface area contributed by atoms with Crippen molar-refractivity contribution in [3.05, 3.63) is 66.6 Å². The highest BCUT2D eigenvalue weighted by Gasteiger charge is 2.37. The van der Waals surface area contributed by atoms with Crippen LogP contribution in [0.15, 0.2) is 50.9 Å². The van der Waals surface area contributed by atoms with Gasteiger partial charge >= 0.3 is 6.03 Å². The fourth-order valence-electron chi connectivity index (χ4n) is 2.81. The van der Waals surface area contributed by atoms with E-state index in [-0.39, 0.29) is 16.9 Å². The number of halogens is 2. The maximum Gasteiger partial charge on any atom is 0.335 e. The van der Waals surface area contributed by atoms with Crippen molar-refractivity contribution in [1.29, 1.82) is 0 Å². The molecule has 4 amide bonds. The third-order valence-electron chi connectivity index (χ3n) is 4.18. The van der Waals surface area contributed by atoms with E-state index in [1.54, 1.807) is 12.1 Å². The molecule has 2 aromatic rings. The predicted octanol–water partition coefficient (Wildman–Crippen LogP) is 4.58. The molecule has 160 valence electrons. The molecule has 0 saturated carbocycles. The number of nitro groups is 1. The number of carbonyl (C=O) groups excluding carboxylic acids is 3. The van der Waals surface area contributed by atoms with Gasteiger partial charge in [-0.2, -0.15) is 0 Å². The van der Waals surface area contributed by atoms with Gasteiger partial charge in [-0.25, -0.2) is 9.69 Å². The molecule has 1 heterocycles. The molecule has 11 heteroatoms. The van der Waals surface area contributed by atoms with Crippen LogP contribution < -0.4 is 15.0 Å². The van der Waals surface area contributed by atoms with Gasteiger partial charge in [0.2, 0.25) is 0 Å². The van der Waals surface area contributed by atoms with E-state index in [2.05, 4.69) is 37.2 Å². The molecule has 0 spiro atoms. The van der Waals surface area contributed by atoms with Crippen LogP contribution in [0.2, 0.25) is 0 Å². The first-order valence-electron chi connectivity index (χ1n) is 9.00. The highest BCUT2D eigenvalue weighted by molar-refractivity contribution is 9.11. The number of imide groups is 2. The lowest BCUT2D eigenvalue weighted by Gasteiger charge is -2.26. The Morgan fingerprint density at radius 1 is 1.16 bits per heavy atom. The first kappa shape index (κ1) is 22.6. The molecule has 0 bridgehead atoms. The molecule has 1 saturated heterocycles. The Labute approximate surface area is 193 Å². The largest absolute Gasteiger partial charge is 0.491 e. The number of urea groups is 1. The Hall–Kier alpha value is -3.05. The lowest BCUT2D eigenvalue weighted by Crippen LogP contribution is -2.54. The van der Waals surface area contributed by atoms with E-state index in [9.17, 15) is 24.5 Å². The van der Waals surface area contributed by atoms with E-state index in [1.165, 1.54) is 24.3 Å². The molecule has 31 heavy (non-hydrogen) atoms. The summed E-state index contributed by atoms with van der Waals surface area (Å²) >= 11 is 6.81. The van der Waals surface area contributed by atoms with Gasteiger partial charge in [0.1, 0.15) is 11.3 Å². The molecular weight excluding hydrogens is 538 g/mol. The van der Waals surface area contributed by atoms with Crippen molar-refractivity contribution in [2.75, 3.05) is 11.5 Å². The van der Waals surface area contributed by atoms with E-state index < -0.39 is 22.8 Å². The topological polar surface area (TPSA) is 119 Å². The minimum atomic E-state index is -0.988. The van der Waals surface area contributed by atoms with Gasteiger partial charge in [0.25, 0.3) is 17.5 Å². The summed E-state index contributed by atoms with van der Waals surface area (Å²) in [7, 11) is 0. The molecule has 1 fully saturated rings. The molecule has 0 atom stereocenters. The smallest absolute Gasteiger partial charge is 0.335 e. The zero-order valence-electron chi connectivity index (χ0n) is 16.1. The van der Waals surface area contributed by atoms with Gasteiger partial charge in [-0.15, -0.1) is 0 Å². The number of non-ortho nitro benzene ring substituents is 1. The van der Waals surface area contributed by atoms with Crippen molar-refractivity contribution < 1.29 is 24.0 Å². The second kappa shape index (κ2) is 9.40. The van der Waals surface area contributed by atoms with Crippen LogP contribution in [0, 0.1) is 10.1 Å². The van der Waals surface area contributed by atoms with Crippen LogP contribution in [0.3, 0.4) is 0 Å². The zero-order valence-corrected chi connectivity index (χ0v) is 19.2. The Kier molecular flexibility index (Phi) is 6.86. The number of carbonyl (C=O) groups is 3. The Morgan fingerprint density at radius 2 is 1.84 bits per heavy atom. The van der Waals surface area contributed by atoms with E-state index in [0.717, 1.165) is 12.5 Å². The van der Waals surface area contributed by atoms with Crippen LogP contribution in [0.1, 0.15) is 18.9 Å². The van der Waals surface area contributed by atoms with Gasteiger partial charge in [0.05, 0.1) is 26.2 Å². The second-order valence-corrected chi connectivity index (χ2v) is 8.11. The third kappa shape index (κ3) is 4.83. The molecule has 0 radical (unpaired) electrons. The lowest BCUT2D eigenvalue weighted by atomic mass is 10.1. The maximum absolute atomic E-state index is 13.0. The fourth-order valence-corrected chi connectivity index (χ4v) is 4.26. The van der Waals surface area contributed by atoms with Crippen LogP contribution in [-0.4, -0.2) is 29.4 Å².